The zero-order chi connectivity index (χ0) is 24.7. The number of aryl methyl sites for hydroxylation is 1. The first kappa shape index (κ1) is 24.1. The van der Waals surface area contributed by atoms with Gasteiger partial charge in [0.1, 0.15) is 24.5 Å². The fraction of sp³-hybridized carbons (Fsp3) is 0.381. The van der Waals surface area contributed by atoms with Gasteiger partial charge in [0.05, 0.1) is 6.20 Å². The molecule has 13 heteroatoms. The molecule has 0 aliphatic heterocycles. The number of nitrogens with zero attached hydrogens (tertiary/aromatic N) is 4. The SMILES string of the molecule is Cn1cc(C(F)(F)F)nc1-c1ccc(COc2nc(Cl)ncc2OCC2(C(F)(F)F)CC2)cc1. The molecule has 182 valence electrons. The second-order valence-electron chi connectivity index (χ2n) is 7.92. The molecule has 0 N–H and O–H groups in total. The van der Waals surface area contributed by atoms with E-state index in [0.717, 1.165) is 12.4 Å². The fourth-order valence-corrected chi connectivity index (χ4v) is 3.31. The highest BCUT2D eigenvalue weighted by atomic mass is 35.5. The number of aromatic nitrogens is 4. The summed E-state index contributed by atoms with van der Waals surface area (Å²) in [6.45, 7) is -0.640. The molecule has 1 saturated carbocycles. The summed E-state index contributed by atoms with van der Waals surface area (Å²) < 4.78 is 90.3. The van der Waals surface area contributed by atoms with Crippen molar-refractivity contribution in [3.05, 3.63) is 53.2 Å². The Hall–Kier alpha value is -3.02. The minimum Gasteiger partial charge on any atom is -0.486 e. The topological polar surface area (TPSA) is 62.1 Å². The maximum Gasteiger partial charge on any atom is 0.434 e. The van der Waals surface area contributed by atoms with Crippen molar-refractivity contribution in [2.24, 2.45) is 12.5 Å². The zero-order valence-electron chi connectivity index (χ0n) is 17.5. The Kier molecular flexibility index (Phi) is 6.13. The van der Waals surface area contributed by atoms with Gasteiger partial charge in [-0.1, -0.05) is 24.3 Å². The molecule has 2 heterocycles. The lowest BCUT2D eigenvalue weighted by Crippen LogP contribution is -2.30. The molecule has 2 aromatic heterocycles. The molecular weight excluding hydrogens is 490 g/mol. The van der Waals surface area contributed by atoms with E-state index in [1.165, 1.54) is 11.6 Å². The smallest absolute Gasteiger partial charge is 0.434 e. The summed E-state index contributed by atoms with van der Waals surface area (Å²) in [7, 11) is 1.46. The molecule has 0 radical (unpaired) electrons. The standard InChI is InChI=1S/C21H17ClF6N4O2/c1-32-9-15(20(23,24)25)30-16(32)13-4-2-12(3-5-13)10-33-17-14(8-29-18(22)31-17)34-11-19(6-7-19)21(26,27)28/h2-5,8-9H,6-7,10-11H2,1H3. The number of benzene rings is 1. The predicted molar refractivity (Wildman–Crippen MR) is 108 cm³/mol. The molecule has 6 nitrogen and oxygen atoms in total. The molecule has 0 saturated heterocycles. The van der Waals surface area contributed by atoms with Crippen LogP contribution < -0.4 is 9.47 Å². The lowest BCUT2D eigenvalue weighted by Gasteiger charge is -2.20. The van der Waals surface area contributed by atoms with Crippen LogP contribution in [0.15, 0.2) is 36.7 Å². The van der Waals surface area contributed by atoms with Crippen LogP contribution in [0.4, 0.5) is 26.3 Å². The number of hydrogen-bond donors (Lipinski definition) is 0. The fourth-order valence-electron chi connectivity index (χ4n) is 3.19. The van der Waals surface area contributed by atoms with Crippen LogP contribution in [0.1, 0.15) is 24.1 Å². The van der Waals surface area contributed by atoms with Gasteiger partial charge in [0.25, 0.3) is 5.88 Å². The van der Waals surface area contributed by atoms with Crippen LogP contribution in [0.3, 0.4) is 0 Å². The molecule has 0 bridgehead atoms. The van der Waals surface area contributed by atoms with E-state index in [0.29, 0.717) is 11.1 Å². The van der Waals surface area contributed by atoms with E-state index in [2.05, 4.69) is 15.0 Å². The van der Waals surface area contributed by atoms with Gasteiger partial charge >= 0.3 is 12.4 Å². The third-order valence-electron chi connectivity index (χ3n) is 5.41. The summed E-state index contributed by atoms with van der Waals surface area (Å²) in [6, 6.07) is 6.38. The lowest BCUT2D eigenvalue weighted by molar-refractivity contribution is -0.194. The first-order valence-corrected chi connectivity index (χ1v) is 10.3. The highest BCUT2D eigenvalue weighted by Crippen LogP contribution is 2.57. The summed E-state index contributed by atoms with van der Waals surface area (Å²) in [6.07, 6.45) is -6.93. The Labute approximate surface area is 194 Å². The minimum absolute atomic E-state index is 0.0199. The van der Waals surface area contributed by atoms with Crippen LogP contribution in [0, 0.1) is 5.41 Å². The first-order chi connectivity index (χ1) is 15.9. The summed E-state index contributed by atoms with van der Waals surface area (Å²) in [5, 5.41) is -0.176. The third kappa shape index (κ3) is 5.06. The van der Waals surface area contributed by atoms with Crippen molar-refractivity contribution >= 4 is 11.6 Å². The normalized spacial score (nSPS) is 15.3. The van der Waals surface area contributed by atoms with Gasteiger partial charge in [0, 0.05) is 18.8 Å². The van der Waals surface area contributed by atoms with E-state index in [4.69, 9.17) is 21.1 Å². The maximum absolute atomic E-state index is 13.1. The maximum atomic E-state index is 13.1. The minimum atomic E-state index is -4.55. The van der Waals surface area contributed by atoms with E-state index < -0.39 is 30.1 Å². The van der Waals surface area contributed by atoms with E-state index in [1.807, 2.05) is 0 Å². The van der Waals surface area contributed by atoms with Crippen LogP contribution in [-0.2, 0) is 19.8 Å². The second-order valence-corrected chi connectivity index (χ2v) is 8.26. The molecule has 1 aromatic carbocycles. The van der Waals surface area contributed by atoms with Crippen LogP contribution in [0.25, 0.3) is 11.4 Å². The zero-order valence-corrected chi connectivity index (χ0v) is 18.3. The van der Waals surface area contributed by atoms with Crippen LogP contribution in [0.2, 0.25) is 5.28 Å². The number of halogens is 7. The van der Waals surface area contributed by atoms with Crippen molar-refractivity contribution in [1.82, 2.24) is 19.5 Å². The summed E-state index contributed by atoms with van der Waals surface area (Å²) in [5.41, 5.74) is -1.80. The highest BCUT2D eigenvalue weighted by molar-refractivity contribution is 6.28. The van der Waals surface area contributed by atoms with Gasteiger partial charge in [-0.05, 0) is 30.0 Å². The molecule has 4 rings (SSSR count). The molecule has 3 aromatic rings. The van der Waals surface area contributed by atoms with E-state index in [-0.39, 0.29) is 42.2 Å². The second kappa shape index (κ2) is 8.64. The van der Waals surface area contributed by atoms with Crippen LogP contribution >= 0.6 is 11.6 Å². The van der Waals surface area contributed by atoms with Crippen LogP contribution in [-0.4, -0.2) is 32.3 Å². The third-order valence-corrected chi connectivity index (χ3v) is 5.59. The molecular formula is C21H17ClF6N4O2. The van der Waals surface area contributed by atoms with Gasteiger partial charge in [-0.3, -0.25) is 0 Å². The highest BCUT2D eigenvalue weighted by Gasteiger charge is 2.64. The van der Waals surface area contributed by atoms with Crippen molar-refractivity contribution < 1.29 is 35.8 Å². The average molecular weight is 507 g/mol. The molecule has 0 atom stereocenters. The number of ether oxygens (including phenoxy) is 2. The number of hydrogen-bond acceptors (Lipinski definition) is 5. The number of rotatable bonds is 7. The Morgan fingerprint density at radius 2 is 1.71 bits per heavy atom. The van der Waals surface area contributed by atoms with Crippen molar-refractivity contribution in [3.8, 4) is 23.0 Å². The molecule has 1 aliphatic carbocycles. The van der Waals surface area contributed by atoms with Crippen molar-refractivity contribution in [2.45, 2.75) is 31.8 Å². The van der Waals surface area contributed by atoms with Gasteiger partial charge in [0.15, 0.2) is 11.4 Å². The Bertz CT molecular complexity index is 1170. The molecule has 0 unspecified atom stereocenters. The summed E-state index contributed by atoms with van der Waals surface area (Å²) >= 11 is 5.78. The number of imidazole rings is 1. The molecule has 34 heavy (non-hydrogen) atoms. The van der Waals surface area contributed by atoms with Gasteiger partial charge < -0.3 is 14.0 Å². The van der Waals surface area contributed by atoms with Gasteiger partial charge in [-0.25, -0.2) is 9.97 Å². The van der Waals surface area contributed by atoms with Gasteiger partial charge in [0.2, 0.25) is 5.28 Å². The number of alkyl halides is 6. The quantitative estimate of drug-likeness (QED) is 0.297. The Morgan fingerprint density at radius 1 is 1.03 bits per heavy atom. The summed E-state index contributed by atoms with van der Waals surface area (Å²) in [4.78, 5) is 11.2. The van der Waals surface area contributed by atoms with E-state index in [9.17, 15) is 26.3 Å². The average Bonchev–Trinajstić information content (AvgIpc) is 3.46. The summed E-state index contributed by atoms with van der Waals surface area (Å²) in [5.74, 6) is -0.0676. The van der Waals surface area contributed by atoms with Crippen molar-refractivity contribution in [3.63, 3.8) is 0 Å². The first-order valence-electron chi connectivity index (χ1n) is 9.93. The monoisotopic (exact) mass is 506 g/mol. The van der Waals surface area contributed by atoms with Gasteiger partial charge in [-0.2, -0.15) is 31.3 Å². The van der Waals surface area contributed by atoms with Crippen molar-refractivity contribution in [1.29, 1.82) is 0 Å². The molecule has 1 aliphatic rings. The van der Waals surface area contributed by atoms with Gasteiger partial charge in [-0.15, -0.1) is 0 Å². The molecule has 0 amide bonds. The largest absolute Gasteiger partial charge is 0.486 e. The van der Waals surface area contributed by atoms with Crippen molar-refractivity contribution in [2.75, 3.05) is 6.61 Å². The lowest BCUT2D eigenvalue weighted by atomic mass is 10.1. The Balaban J connectivity index is 1.44. The molecule has 1 fully saturated rings. The Morgan fingerprint density at radius 3 is 2.26 bits per heavy atom. The van der Waals surface area contributed by atoms with Crippen LogP contribution in [0.5, 0.6) is 11.6 Å². The predicted octanol–water partition coefficient (Wildman–Crippen LogP) is 5.85. The van der Waals surface area contributed by atoms with E-state index >= 15 is 0 Å². The molecule has 0 spiro atoms. The van der Waals surface area contributed by atoms with E-state index in [1.54, 1.807) is 24.3 Å².